The van der Waals surface area contributed by atoms with Crippen LogP contribution in [0.5, 0.6) is 0 Å². The van der Waals surface area contributed by atoms with E-state index in [0.717, 1.165) is 10.6 Å². The average Bonchev–Trinajstić information content (AvgIpc) is 2.69. The maximum absolute atomic E-state index is 10.6. The third-order valence-electron chi connectivity index (χ3n) is 1.58. The van der Waals surface area contributed by atoms with Crippen molar-refractivity contribution in [2.45, 2.75) is 11.8 Å². The Kier molecular flexibility index (Phi) is 5.13. The van der Waals surface area contributed by atoms with Crippen LogP contribution in [0, 0.1) is 0 Å². The van der Waals surface area contributed by atoms with E-state index in [9.17, 15) is 9.59 Å². The van der Waals surface area contributed by atoms with Gasteiger partial charge in [-0.1, -0.05) is 0 Å². The third-order valence-corrected chi connectivity index (χ3v) is 3.63. The van der Waals surface area contributed by atoms with E-state index in [2.05, 4.69) is 10.3 Å². The molecule has 0 aliphatic carbocycles. The van der Waals surface area contributed by atoms with Gasteiger partial charge in [0.15, 0.2) is 0 Å². The molecule has 0 saturated carbocycles. The Morgan fingerprint density at radius 3 is 3.13 bits per heavy atom. The first-order chi connectivity index (χ1) is 7.24. The monoisotopic (exact) mass is 246 g/mol. The van der Waals surface area contributed by atoms with Crippen molar-refractivity contribution in [1.82, 2.24) is 10.3 Å². The van der Waals surface area contributed by atoms with Crippen LogP contribution in [0.1, 0.15) is 4.88 Å². The van der Waals surface area contributed by atoms with E-state index in [1.807, 2.05) is 0 Å². The van der Waals surface area contributed by atoms with Gasteiger partial charge in [0.2, 0.25) is 6.41 Å². The van der Waals surface area contributed by atoms with Gasteiger partial charge in [0, 0.05) is 22.6 Å². The Morgan fingerprint density at radius 1 is 1.80 bits per heavy atom. The Balaban J connectivity index is 2.28. The van der Waals surface area contributed by atoms with Crippen molar-refractivity contribution in [2.24, 2.45) is 0 Å². The molecule has 2 N–H and O–H groups in total. The number of thiazole rings is 1. The van der Waals surface area contributed by atoms with Gasteiger partial charge in [0.1, 0.15) is 6.04 Å². The van der Waals surface area contributed by atoms with Crippen LogP contribution >= 0.6 is 23.1 Å². The molecule has 0 spiro atoms. The Morgan fingerprint density at radius 2 is 2.60 bits per heavy atom. The van der Waals surface area contributed by atoms with E-state index >= 15 is 0 Å². The van der Waals surface area contributed by atoms with Gasteiger partial charge in [0.25, 0.3) is 0 Å². The summed E-state index contributed by atoms with van der Waals surface area (Å²) in [7, 11) is 0. The van der Waals surface area contributed by atoms with Gasteiger partial charge >= 0.3 is 5.97 Å². The number of rotatable bonds is 7. The first-order valence-electron chi connectivity index (χ1n) is 4.11. The van der Waals surface area contributed by atoms with Gasteiger partial charge in [0.05, 0.1) is 5.51 Å². The van der Waals surface area contributed by atoms with E-state index in [1.165, 1.54) is 23.1 Å². The zero-order valence-corrected chi connectivity index (χ0v) is 9.38. The zero-order valence-electron chi connectivity index (χ0n) is 7.75. The maximum atomic E-state index is 10.6. The second-order valence-electron chi connectivity index (χ2n) is 2.66. The maximum Gasteiger partial charge on any atom is 0.327 e. The van der Waals surface area contributed by atoms with Gasteiger partial charge in [-0.2, -0.15) is 11.8 Å². The lowest BCUT2D eigenvalue weighted by Gasteiger charge is -2.09. The number of carbonyl (C=O) groups excluding carboxylic acids is 1. The summed E-state index contributed by atoms with van der Waals surface area (Å²) in [6.07, 6.45) is 2.16. The lowest BCUT2D eigenvalue weighted by atomic mass is 10.3. The summed E-state index contributed by atoms with van der Waals surface area (Å²) in [5, 5.41) is 11.0. The lowest BCUT2D eigenvalue weighted by Crippen LogP contribution is -2.37. The van der Waals surface area contributed by atoms with Crippen LogP contribution < -0.4 is 5.32 Å². The predicted octanol–water partition coefficient (Wildman–Crippen LogP) is 0.575. The van der Waals surface area contributed by atoms with Crippen LogP contribution in [0.3, 0.4) is 0 Å². The summed E-state index contributed by atoms with van der Waals surface area (Å²) >= 11 is 2.98. The molecule has 5 nitrogen and oxygen atoms in total. The van der Waals surface area contributed by atoms with Gasteiger partial charge in [-0.05, 0) is 0 Å². The van der Waals surface area contributed by atoms with Gasteiger partial charge in [-0.3, -0.25) is 9.78 Å². The highest BCUT2D eigenvalue weighted by Crippen LogP contribution is 2.16. The molecule has 0 saturated heterocycles. The molecule has 1 heterocycles. The molecule has 1 atom stereocenters. The molecule has 1 unspecified atom stereocenters. The Labute approximate surface area is 94.9 Å². The fraction of sp³-hybridized carbons (Fsp3) is 0.375. The van der Waals surface area contributed by atoms with E-state index in [0.29, 0.717) is 12.2 Å². The molecule has 1 aromatic rings. The molecule has 15 heavy (non-hydrogen) atoms. The number of thioether (sulfide) groups is 1. The third kappa shape index (κ3) is 4.30. The largest absolute Gasteiger partial charge is 0.480 e. The molecule has 0 aliphatic rings. The smallest absolute Gasteiger partial charge is 0.327 e. The molecular weight excluding hydrogens is 236 g/mol. The van der Waals surface area contributed by atoms with Crippen LogP contribution in [0.15, 0.2) is 11.7 Å². The molecule has 0 aliphatic heterocycles. The lowest BCUT2D eigenvalue weighted by molar-refractivity contribution is -0.139. The van der Waals surface area contributed by atoms with Crippen molar-refractivity contribution < 1.29 is 14.7 Å². The number of amides is 1. The molecule has 7 heteroatoms. The number of hydrogen-bond acceptors (Lipinski definition) is 5. The summed E-state index contributed by atoms with van der Waals surface area (Å²) in [4.78, 5) is 25.8. The van der Waals surface area contributed by atoms with Crippen LogP contribution in [0.25, 0.3) is 0 Å². The fourth-order valence-corrected chi connectivity index (χ4v) is 2.63. The van der Waals surface area contributed by atoms with Gasteiger partial charge < -0.3 is 10.4 Å². The van der Waals surface area contributed by atoms with Crippen LogP contribution in [-0.2, 0) is 15.3 Å². The van der Waals surface area contributed by atoms with Crippen LogP contribution in [-0.4, -0.2) is 34.3 Å². The summed E-state index contributed by atoms with van der Waals surface area (Å²) in [6.45, 7) is 0. The summed E-state index contributed by atoms with van der Waals surface area (Å²) < 4.78 is 0. The minimum Gasteiger partial charge on any atom is -0.480 e. The molecular formula is C8H10N2O3S2. The normalized spacial score (nSPS) is 12.0. The topological polar surface area (TPSA) is 79.3 Å². The van der Waals surface area contributed by atoms with E-state index < -0.39 is 12.0 Å². The zero-order chi connectivity index (χ0) is 11.1. The number of carbonyl (C=O) groups is 2. The molecule has 82 valence electrons. The second-order valence-corrected chi connectivity index (χ2v) is 4.66. The Hall–Kier alpha value is -1.08. The Bertz CT molecular complexity index is 316. The quantitative estimate of drug-likeness (QED) is 0.688. The molecule has 0 aromatic carbocycles. The van der Waals surface area contributed by atoms with Crippen LogP contribution in [0.4, 0.5) is 0 Å². The fourth-order valence-electron chi connectivity index (χ4n) is 0.864. The number of nitrogens with one attached hydrogen (secondary N) is 1. The number of carboxylic acid groups (broad SMARTS) is 1. The summed E-state index contributed by atoms with van der Waals surface area (Å²) in [5.41, 5.74) is 1.73. The van der Waals surface area contributed by atoms with E-state index in [-0.39, 0.29) is 0 Å². The van der Waals surface area contributed by atoms with Crippen molar-refractivity contribution in [3.63, 3.8) is 0 Å². The number of hydrogen-bond donors (Lipinski definition) is 2. The molecule has 1 amide bonds. The summed E-state index contributed by atoms with van der Waals surface area (Å²) in [5.74, 6) is 0.0555. The molecule has 1 aromatic heterocycles. The van der Waals surface area contributed by atoms with E-state index in [1.54, 1.807) is 11.7 Å². The van der Waals surface area contributed by atoms with Crippen molar-refractivity contribution >= 4 is 35.5 Å². The number of aromatic nitrogens is 1. The van der Waals surface area contributed by atoms with Gasteiger partial charge in [-0.25, -0.2) is 4.79 Å². The predicted molar refractivity (Wildman–Crippen MR) is 58.9 cm³/mol. The van der Waals surface area contributed by atoms with Crippen molar-refractivity contribution in [3.05, 3.63) is 16.6 Å². The van der Waals surface area contributed by atoms with Crippen LogP contribution in [0.2, 0.25) is 0 Å². The molecule has 0 radical (unpaired) electrons. The first kappa shape index (κ1) is 12.0. The minimum atomic E-state index is -1.01. The summed E-state index contributed by atoms with van der Waals surface area (Å²) in [6, 6.07) is -0.819. The number of aliphatic carboxylic acids is 1. The highest BCUT2D eigenvalue weighted by Gasteiger charge is 2.15. The number of nitrogens with zero attached hydrogens (tertiary/aromatic N) is 1. The second kappa shape index (κ2) is 6.41. The van der Waals surface area contributed by atoms with Crippen molar-refractivity contribution in [3.8, 4) is 0 Å². The highest BCUT2D eigenvalue weighted by molar-refractivity contribution is 7.98. The molecule has 0 bridgehead atoms. The molecule has 0 fully saturated rings. The molecule has 1 rings (SSSR count). The number of carboxylic acids is 1. The minimum absolute atomic E-state index is 0.353. The standard InChI is InChI=1S/C8H10N2O3S2/c11-4-10-7(8(12)13)3-14-2-6-1-9-5-15-6/h1,4-5,7H,2-3H2,(H,10,11)(H,12,13). The van der Waals surface area contributed by atoms with Crippen molar-refractivity contribution in [2.75, 3.05) is 5.75 Å². The average molecular weight is 246 g/mol. The van der Waals surface area contributed by atoms with E-state index in [4.69, 9.17) is 5.11 Å². The highest BCUT2D eigenvalue weighted by atomic mass is 32.2. The van der Waals surface area contributed by atoms with Crippen molar-refractivity contribution in [1.29, 1.82) is 0 Å². The van der Waals surface area contributed by atoms with Gasteiger partial charge in [-0.15, -0.1) is 11.3 Å². The SMILES string of the molecule is O=CNC(CSCc1cncs1)C(=O)O. The first-order valence-corrected chi connectivity index (χ1v) is 6.15.